The maximum atomic E-state index is 12.2. The predicted octanol–water partition coefficient (Wildman–Crippen LogP) is 3.60. The van der Waals surface area contributed by atoms with E-state index in [1.807, 2.05) is 27.7 Å². The van der Waals surface area contributed by atoms with Gasteiger partial charge in [-0.05, 0) is 61.3 Å². The number of hydrogen-bond acceptors (Lipinski definition) is 2. The van der Waals surface area contributed by atoms with E-state index in [0.29, 0.717) is 4.47 Å². The Labute approximate surface area is 119 Å². The molecular formula is C11H15Br2NO2S. The minimum absolute atomic E-state index is 0.258. The minimum atomic E-state index is -3.51. The first kappa shape index (κ1) is 15.1. The summed E-state index contributed by atoms with van der Waals surface area (Å²) in [4.78, 5) is 0.258. The van der Waals surface area contributed by atoms with Gasteiger partial charge in [0.1, 0.15) is 0 Å². The molecule has 1 N–H and O–H groups in total. The Balaban J connectivity index is 3.30. The van der Waals surface area contributed by atoms with Crippen LogP contribution in [0, 0.1) is 6.92 Å². The van der Waals surface area contributed by atoms with Gasteiger partial charge in [0.15, 0.2) is 0 Å². The summed E-state index contributed by atoms with van der Waals surface area (Å²) < 4.78 is 28.4. The maximum Gasteiger partial charge on any atom is 0.242 e. The number of rotatable bonds is 2. The van der Waals surface area contributed by atoms with Crippen LogP contribution in [0.5, 0.6) is 0 Å². The fourth-order valence-electron chi connectivity index (χ4n) is 1.29. The summed E-state index contributed by atoms with van der Waals surface area (Å²) in [5.74, 6) is 0. The molecule has 0 saturated heterocycles. The van der Waals surface area contributed by atoms with Gasteiger partial charge in [0.2, 0.25) is 10.0 Å². The van der Waals surface area contributed by atoms with E-state index in [2.05, 4.69) is 36.6 Å². The van der Waals surface area contributed by atoms with Crippen molar-refractivity contribution >= 4 is 41.9 Å². The van der Waals surface area contributed by atoms with Crippen LogP contribution in [-0.4, -0.2) is 14.0 Å². The molecule has 0 saturated carbocycles. The Morgan fingerprint density at radius 3 is 2.12 bits per heavy atom. The summed E-state index contributed by atoms with van der Waals surface area (Å²) in [7, 11) is -3.51. The Bertz CT molecular complexity index is 533. The molecule has 0 fully saturated rings. The minimum Gasteiger partial charge on any atom is -0.207 e. The fraction of sp³-hybridized carbons (Fsp3) is 0.455. The van der Waals surface area contributed by atoms with Crippen LogP contribution < -0.4 is 4.72 Å². The quantitative estimate of drug-likeness (QED) is 0.846. The third-order valence-corrected chi connectivity index (χ3v) is 5.51. The molecule has 3 nitrogen and oxygen atoms in total. The second-order valence-corrected chi connectivity index (χ2v) is 8.25. The number of benzene rings is 1. The van der Waals surface area contributed by atoms with Crippen molar-refractivity contribution < 1.29 is 8.42 Å². The topological polar surface area (TPSA) is 46.2 Å². The molecule has 0 unspecified atom stereocenters. The number of aryl methyl sites for hydroxylation is 1. The molecule has 0 spiro atoms. The van der Waals surface area contributed by atoms with Crippen molar-refractivity contribution in [2.45, 2.75) is 38.1 Å². The molecule has 1 aromatic rings. The highest BCUT2D eigenvalue weighted by atomic mass is 79.9. The van der Waals surface area contributed by atoms with E-state index in [1.165, 1.54) is 0 Å². The predicted molar refractivity (Wildman–Crippen MR) is 76.7 cm³/mol. The van der Waals surface area contributed by atoms with Crippen molar-refractivity contribution in [2.24, 2.45) is 0 Å². The van der Waals surface area contributed by atoms with Gasteiger partial charge >= 0.3 is 0 Å². The van der Waals surface area contributed by atoms with Crippen LogP contribution in [0.4, 0.5) is 0 Å². The molecule has 0 heterocycles. The zero-order valence-electron chi connectivity index (χ0n) is 10.1. The zero-order chi connectivity index (χ0) is 13.4. The molecule has 0 amide bonds. The molecule has 0 radical (unpaired) electrons. The van der Waals surface area contributed by atoms with Gasteiger partial charge in [-0.1, -0.05) is 15.9 Å². The Morgan fingerprint density at radius 1 is 1.12 bits per heavy atom. The van der Waals surface area contributed by atoms with E-state index >= 15 is 0 Å². The lowest BCUT2D eigenvalue weighted by Crippen LogP contribution is -2.40. The lowest BCUT2D eigenvalue weighted by Gasteiger charge is -2.21. The standard InChI is InChI=1S/C11H15Br2NO2S/c1-7-5-10(9(13)6-8(7)12)17(15,16)14-11(2,3)4/h5-6,14H,1-4H3. The number of halogens is 2. The van der Waals surface area contributed by atoms with Crippen molar-refractivity contribution in [1.82, 2.24) is 4.72 Å². The van der Waals surface area contributed by atoms with Crippen LogP contribution in [0.25, 0.3) is 0 Å². The van der Waals surface area contributed by atoms with Gasteiger partial charge in [-0.15, -0.1) is 0 Å². The SMILES string of the molecule is Cc1cc(S(=O)(=O)NC(C)(C)C)c(Br)cc1Br. The molecule has 0 aromatic heterocycles. The van der Waals surface area contributed by atoms with E-state index in [9.17, 15) is 8.42 Å². The lowest BCUT2D eigenvalue weighted by molar-refractivity contribution is 0.491. The van der Waals surface area contributed by atoms with Gasteiger partial charge in [0, 0.05) is 14.5 Å². The van der Waals surface area contributed by atoms with E-state index in [-0.39, 0.29) is 4.90 Å². The Hall–Kier alpha value is 0.0900. The van der Waals surface area contributed by atoms with Crippen molar-refractivity contribution in [2.75, 3.05) is 0 Å². The first-order valence-electron chi connectivity index (χ1n) is 5.02. The van der Waals surface area contributed by atoms with Crippen LogP contribution in [0.1, 0.15) is 26.3 Å². The lowest BCUT2D eigenvalue weighted by atomic mass is 10.1. The zero-order valence-corrected chi connectivity index (χ0v) is 14.1. The first-order valence-corrected chi connectivity index (χ1v) is 8.09. The largest absolute Gasteiger partial charge is 0.242 e. The smallest absolute Gasteiger partial charge is 0.207 e. The average Bonchev–Trinajstić information content (AvgIpc) is 2.06. The van der Waals surface area contributed by atoms with Crippen molar-refractivity contribution in [3.8, 4) is 0 Å². The van der Waals surface area contributed by atoms with E-state index in [1.54, 1.807) is 12.1 Å². The first-order chi connectivity index (χ1) is 7.53. The molecule has 0 aliphatic carbocycles. The maximum absolute atomic E-state index is 12.2. The van der Waals surface area contributed by atoms with Gasteiger partial charge in [-0.3, -0.25) is 0 Å². The third kappa shape index (κ3) is 4.05. The summed E-state index contributed by atoms with van der Waals surface area (Å²) >= 11 is 6.64. The number of hydrogen-bond donors (Lipinski definition) is 1. The molecule has 0 bridgehead atoms. The van der Waals surface area contributed by atoms with Crippen molar-refractivity contribution in [1.29, 1.82) is 0 Å². The Morgan fingerprint density at radius 2 is 1.65 bits per heavy atom. The number of nitrogens with one attached hydrogen (secondary N) is 1. The Kier molecular flexibility index (Phi) is 4.45. The number of sulfonamides is 1. The molecule has 6 heteroatoms. The van der Waals surface area contributed by atoms with Gasteiger partial charge in [0.25, 0.3) is 0 Å². The van der Waals surface area contributed by atoms with E-state index in [0.717, 1.165) is 10.0 Å². The molecular weight excluding hydrogens is 370 g/mol. The molecule has 1 aromatic carbocycles. The van der Waals surface area contributed by atoms with Crippen LogP contribution in [0.15, 0.2) is 26.0 Å². The highest BCUT2D eigenvalue weighted by Crippen LogP contribution is 2.29. The molecule has 17 heavy (non-hydrogen) atoms. The van der Waals surface area contributed by atoms with Crippen LogP contribution >= 0.6 is 31.9 Å². The van der Waals surface area contributed by atoms with Gasteiger partial charge in [-0.25, -0.2) is 13.1 Å². The van der Waals surface area contributed by atoms with Crippen molar-refractivity contribution in [3.05, 3.63) is 26.6 Å². The second kappa shape index (κ2) is 4.99. The van der Waals surface area contributed by atoms with Gasteiger partial charge < -0.3 is 0 Å². The van der Waals surface area contributed by atoms with E-state index < -0.39 is 15.6 Å². The molecule has 0 aliphatic heterocycles. The molecule has 1 rings (SSSR count). The van der Waals surface area contributed by atoms with Gasteiger partial charge in [-0.2, -0.15) is 0 Å². The summed E-state index contributed by atoms with van der Waals surface area (Å²) in [5.41, 5.74) is 0.377. The van der Waals surface area contributed by atoms with E-state index in [4.69, 9.17) is 0 Å². The average molecular weight is 385 g/mol. The summed E-state index contributed by atoms with van der Waals surface area (Å²) in [6, 6.07) is 3.38. The summed E-state index contributed by atoms with van der Waals surface area (Å²) in [6.45, 7) is 7.28. The highest BCUT2D eigenvalue weighted by Gasteiger charge is 2.24. The summed E-state index contributed by atoms with van der Waals surface area (Å²) in [5, 5.41) is 0. The monoisotopic (exact) mass is 383 g/mol. The normalized spacial score (nSPS) is 12.8. The van der Waals surface area contributed by atoms with Crippen molar-refractivity contribution in [3.63, 3.8) is 0 Å². The van der Waals surface area contributed by atoms with Crippen LogP contribution in [0.2, 0.25) is 0 Å². The molecule has 0 atom stereocenters. The summed E-state index contributed by atoms with van der Waals surface area (Å²) in [6.07, 6.45) is 0. The van der Waals surface area contributed by atoms with Crippen LogP contribution in [-0.2, 0) is 10.0 Å². The second-order valence-electron chi connectivity index (χ2n) is 4.89. The molecule has 96 valence electrons. The highest BCUT2D eigenvalue weighted by molar-refractivity contribution is 9.11. The van der Waals surface area contributed by atoms with Gasteiger partial charge in [0.05, 0.1) is 4.90 Å². The third-order valence-electron chi connectivity index (χ3n) is 1.94. The fourth-order valence-corrected chi connectivity index (χ4v) is 4.49. The molecule has 0 aliphatic rings. The van der Waals surface area contributed by atoms with Crippen LogP contribution in [0.3, 0.4) is 0 Å².